The van der Waals surface area contributed by atoms with Crippen LogP contribution in [0.4, 0.5) is 11.6 Å². The van der Waals surface area contributed by atoms with Crippen LogP contribution in [0.25, 0.3) is 0 Å². The lowest BCUT2D eigenvalue weighted by molar-refractivity contribution is 0.128. The number of nitrogens with one attached hydrogen (secondary N) is 2. The Hall–Kier alpha value is -1.40. The second kappa shape index (κ2) is 9.52. The summed E-state index contributed by atoms with van der Waals surface area (Å²) in [6, 6.07) is 1.86. The van der Waals surface area contributed by atoms with Crippen LogP contribution < -0.4 is 10.6 Å². The summed E-state index contributed by atoms with van der Waals surface area (Å²) in [7, 11) is 0. The molecule has 0 spiro atoms. The predicted molar refractivity (Wildman–Crippen MR) is 85.5 cm³/mol. The molecule has 1 heterocycles. The monoisotopic (exact) mass is 296 g/mol. The third kappa shape index (κ3) is 6.73. The van der Waals surface area contributed by atoms with Crippen LogP contribution in [0.5, 0.6) is 0 Å². The Labute approximate surface area is 127 Å². The fraction of sp³-hybridized carbons (Fsp3) is 0.733. The van der Waals surface area contributed by atoms with Gasteiger partial charge < -0.3 is 20.5 Å². The summed E-state index contributed by atoms with van der Waals surface area (Å²) < 4.78 is 5.37. The van der Waals surface area contributed by atoms with E-state index in [4.69, 9.17) is 4.74 Å². The fourth-order valence-corrected chi connectivity index (χ4v) is 1.63. The number of nitrogens with zero attached hydrogens (tertiary/aromatic N) is 2. The molecular formula is C15H28N4O2. The molecule has 1 unspecified atom stereocenters. The van der Waals surface area contributed by atoms with Gasteiger partial charge in [-0.2, -0.15) is 0 Å². The molecule has 6 heteroatoms. The van der Waals surface area contributed by atoms with Gasteiger partial charge >= 0.3 is 0 Å². The van der Waals surface area contributed by atoms with Crippen LogP contribution in [-0.2, 0) is 11.3 Å². The summed E-state index contributed by atoms with van der Waals surface area (Å²) in [4.78, 5) is 8.83. The summed E-state index contributed by atoms with van der Waals surface area (Å²) in [5.74, 6) is 2.33. The molecule has 0 aromatic carbocycles. The van der Waals surface area contributed by atoms with E-state index in [0.29, 0.717) is 31.4 Å². The number of aliphatic hydroxyl groups is 1. The zero-order chi connectivity index (χ0) is 15.7. The Morgan fingerprint density at radius 2 is 1.86 bits per heavy atom. The van der Waals surface area contributed by atoms with Crippen molar-refractivity contribution in [2.24, 2.45) is 5.92 Å². The first kappa shape index (κ1) is 17.7. The highest BCUT2D eigenvalue weighted by Crippen LogP contribution is 2.13. The molecule has 0 amide bonds. The Morgan fingerprint density at radius 3 is 2.43 bits per heavy atom. The molecule has 1 aromatic rings. The van der Waals surface area contributed by atoms with E-state index < -0.39 is 6.10 Å². The van der Waals surface area contributed by atoms with E-state index in [9.17, 15) is 5.11 Å². The van der Waals surface area contributed by atoms with Gasteiger partial charge in [0.15, 0.2) is 5.82 Å². The number of hydrogen-bond acceptors (Lipinski definition) is 6. The highest BCUT2D eigenvalue weighted by atomic mass is 16.5. The molecule has 0 aliphatic carbocycles. The predicted octanol–water partition coefficient (Wildman–Crippen LogP) is 2.26. The summed E-state index contributed by atoms with van der Waals surface area (Å²) >= 11 is 0. The first-order chi connectivity index (χ1) is 10.1. The van der Waals surface area contributed by atoms with Crippen molar-refractivity contribution in [3.63, 3.8) is 0 Å². The molecular weight excluding hydrogens is 268 g/mol. The fourth-order valence-electron chi connectivity index (χ4n) is 1.63. The number of aromatic nitrogens is 2. The molecule has 0 saturated heterocycles. The second-order valence-electron chi connectivity index (χ2n) is 5.31. The summed E-state index contributed by atoms with van der Waals surface area (Å²) in [6.45, 7) is 10.4. The van der Waals surface area contributed by atoms with E-state index in [1.807, 2.05) is 26.8 Å². The number of rotatable bonds is 10. The van der Waals surface area contributed by atoms with Crippen molar-refractivity contribution in [1.82, 2.24) is 9.97 Å². The molecule has 0 aliphatic rings. The molecule has 0 fully saturated rings. The lowest BCUT2D eigenvalue weighted by atomic mass is 10.1. The molecule has 6 nitrogen and oxygen atoms in total. The third-order valence-electron chi connectivity index (χ3n) is 3.03. The molecule has 0 saturated carbocycles. The van der Waals surface area contributed by atoms with Gasteiger partial charge in [-0.15, -0.1) is 0 Å². The normalized spacial score (nSPS) is 12.5. The van der Waals surface area contributed by atoms with Gasteiger partial charge in [-0.05, 0) is 19.3 Å². The lowest BCUT2D eigenvalue weighted by Crippen LogP contribution is -2.25. The molecule has 1 rings (SSSR count). The maximum Gasteiger partial charge on any atom is 0.158 e. The minimum atomic E-state index is -0.401. The van der Waals surface area contributed by atoms with Gasteiger partial charge in [0.05, 0.1) is 6.10 Å². The first-order valence-electron chi connectivity index (χ1n) is 7.68. The molecule has 3 N–H and O–H groups in total. The summed E-state index contributed by atoms with van der Waals surface area (Å²) in [5.41, 5.74) is 0. The van der Waals surface area contributed by atoms with Gasteiger partial charge in [0, 0.05) is 25.8 Å². The summed E-state index contributed by atoms with van der Waals surface area (Å²) in [6.07, 6.45) is 0.627. The van der Waals surface area contributed by atoms with Crippen LogP contribution in [0, 0.1) is 5.92 Å². The lowest BCUT2D eigenvalue weighted by Gasteiger charge is -2.16. The first-order valence-corrected chi connectivity index (χ1v) is 7.68. The maximum atomic E-state index is 9.86. The van der Waals surface area contributed by atoms with E-state index in [1.165, 1.54) is 0 Å². The zero-order valence-corrected chi connectivity index (χ0v) is 13.5. The van der Waals surface area contributed by atoms with Crippen molar-refractivity contribution < 1.29 is 9.84 Å². The number of aliphatic hydroxyl groups excluding tert-OH is 1. The van der Waals surface area contributed by atoms with Gasteiger partial charge in [0.2, 0.25) is 0 Å². The zero-order valence-electron chi connectivity index (χ0n) is 13.5. The molecule has 120 valence electrons. The van der Waals surface area contributed by atoms with Crippen LogP contribution in [0.2, 0.25) is 0 Å². The average molecular weight is 296 g/mol. The number of anilines is 2. The van der Waals surface area contributed by atoms with Crippen molar-refractivity contribution in [3.8, 4) is 0 Å². The van der Waals surface area contributed by atoms with E-state index >= 15 is 0 Å². The maximum absolute atomic E-state index is 9.86. The Balaban J connectivity index is 2.74. The van der Waals surface area contributed by atoms with Gasteiger partial charge in [0.25, 0.3) is 0 Å². The van der Waals surface area contributed by atoms with E-state index in [-0.39, 0.29) is 5.92 Å². The Kier molecular flexibility index (Phi) is 8.00. The summed E-state index contributed by atoms with van der Waals surface area (Å²) in [5, 5.41) is 16.3. The highest BCUT2D eigenvalue weighted by Gasteiger charge is 2.10. The smallest absolute Gasteiger partial charge is 0.158 e. The van der Waals surface area contributed by atoms with Crippen LogP contribution in [0.3, 0.4) is 0 Å². The Bertz CT molecular complexity index is 386. The molecule has 1 atom stereocenters. The minimum Gasteiger partial charge on any atom is -0.391 e. The van der Waals surface area contributed by atoms with Crippen LogP contribution in [0.1, 0.15) is 39.9 Å². The largest absolute Gasteiger partial charge is 0.391 e. The molecule has 1 aromatic heterocycles. The van der Waals surface area contributed by atoms with E-state index in [0.717, 1.165) is 18.8 Å². The van der Waals surface area contributed by atoms with Crippen LogP contribution in [-0.4, -0.2) is 40.9 Å². The van der Waals surface area contributed by atoms with Gasteiger partial charge in [-0.3, -0.25) is 0 Å². The SMILES string of the molecule is CCCNc1cc(NCC(O)C(C)C)nc(COCC)n1. The average Bonchev–Trinajstić information content (AvgIpc) is 2.48. The highest BCUT2D eigenvalue weighted by molar-refractivity contribution is 5.47. The third-order valence-corrected chi connectivity index (χ3v) is 3.03. The number of ether oxygens (including phenoxy) is 1. The van der Waals surface area contributed by atoms with Crippen LogP contribution in [0.15, 0.2) is 6.07 Å². The standard InChI is InChI=1S/C15H28N4O2/c1-5-7-16-13-8-14(17-9-12(20)11(3)4)19-15(18-13)10-21-6-2/h8,11-12,20H,5-7,9-10H2,1-4H3,(H2,16,17,18,19). The van der Waals surface area contributed by atoms with Crippen molar-refractivity contribution in [2.45, 2.75) is 46.8 Å². The second-order valence-corrected chi connectivity index (χ2v) is 5.31. The quantitative estimate of drug-likeness (QED) is 0.614. The number of hydrogen-bond donors (Lipinski definition) is 3. The van der Waals surface area contributed by atoms with Gasteiger partial charge in [-0.1, -0.05) is 20.8 Å². The Morgan fingerprint density at radius 1 is 1.19 bits per heavy atom. The van der Waals surface area contributed by atoms with E-state index in [2.05, 4.69) is 27.5 Å². The topological polar surface area (TPSA) is 79.3 Å². The molecule has 21 heavy (non-hydrogen) atoms. The van der Waals surface area contributed by atoms with Gasteiger partial charge in [-0.25, -0.2) is 9.97 Å². The molecule has 0 aliphatic heterocycles. The van der Waals surface area contributed by atoms with Gasteiger partial charge in [0.1, 0.15) is 18.2 Å². The van der Waals surface area contributed by atoms with Crippen molar-refractivity contribution in [2.75, 3.05) is 30.3 Å². The van der Waals surface area contributed by atoms with E-state index in [1.54, 1.807) is 0 Å². The minimum absolute atomic E-state index is 0.208. The molecule has 0 bridgehead atoms. The van der Waals surface area contributed by atoms with Crippen LogP contribution >= 0.6 is 0 Å². The van der Waals surface area contributed by atoms with Crippen molar-refractivity contribution in [1.29, 1.82) is 0 Å². The van der Waals surface area contributed by atoms with Crippen molar-refractivity contribution in [3.05, 3.63) is 11.9 Å². The molecule has 0 radical (unpaired) electrons. The van der Waals surface area contributed by atoms with Crippen molar-refractivity contribution >= 4 is 11.6 Å².